The molecule has 0 amide bonds. The SMILES string of the molecule is ClCC(CCl)Cc1c(Cl)cccc1Cl. The van der Waals surface area contributed by atoms with Crippen molar-refractivity contribution in [2.75, 3.05) is 11.8 Å². The lowest BCUT2D eigenvalue weighted by molar-refractivity contribution is 0.662. The molecule has 0 aromatic heterocycles. The molecule has 0 saturated carbocycles. The van der Waals surface area contributed by atoms with Crippen LogP contribution in [0.3, 0.4) is 0 Å². The number of benzene rings is 1. The second-order valence-electron chi connectivity index (χ2n) is 3.08. The summed E-state index contributed by atoms with van der Waals surface area (Å²) in [4.78, 5) is 0. The summed E-state index contributed by atoms with van der Waals surface area (Å²) < 4.78 is 0. The fraction of sp³-hybridized carbons (Fsp3) is 0.400. The first kappa shape index (κ1) is 12.4. The molecule has 0 fully saturated rings. The number of halogens is 4. The second-order valence-corrected chi connectivity index (χ2v) is 4.51. The van der Waals surface area contributed by atoms with Crippen molar-refractivity contribution in [3.05, 3.63) is 33.8 Å². The van der Waals surface area contributed by atoms with Gasteiger partial charge in [-0.3, -0.25) is 0 Å². The maximum Gasteiger partial charge on any atom is 0.0452 e. The van der Waals surface area contributed by atoms with E-state index in [1.165, 1.54) is 0 Å². The minimum absolute atomic E-state index is 0.218. The van der Waals surface area contributed by atoms with Crippen molar-refractivity contribution < 1.29 is 0 Å². The summed E-state index contributed by atoms with van der Waals surface area (Å²) in [5.41, 5.74) is 0.933. The summed E-state index contributed by atoms with van der Waals surface area (Å²) in [6, 6.07) is 5.47. The van der Waals surface area contributed by atoms with Crippen LogP contribution in [0.2, 0.25) is 10.0 Å². The Kier molecular flexibility index (Phi) is 5.40. The normalized spacial score (nSPS) is 10.9. The van der Waals surface area contributed by atoms with Crippen LogP contribution in [0.25, 0.3) is 0 Å². The Morgan fingerprint density at radius 1 is 1.00 bits per heavy atom. The summed E-state index contributed by atoms with van der Waals surface area (Å²) in [5, 5.41) is 1.36. The molecular weight excluding hydrogens is 262 g/mol. The van der Waals surface area contributed by atoms with Crippen molar-refractivity contribution >= 4 is 46.4 Å². The summed E-state index contributed by atoms with van der Waals surface area (Å²) in [6.45, 7) is 0. The smallest absolute Gasteiger partial charge is 0.0452 e. The van der Waals surface area contributed by atoms with Gasteiger partial charge in [0.2, 0.25) is 0 Å². The molecule has 0 spiro atoms. The van der Waals surface area contributed by atoms with Crippen LogP contribution in [-0.2, 0) is 6.42 Å². The predicted molar refractivity (Wildman–Crippen MR) is 65.1 cm³/mol. The van der Waals surface area contributed by atoms with Gasteiger partial charge in [-0.15, -0.1) is 23.2 Å². The maximum atomic E-state index is 6.02. The van der Waals surface area contributed by atoms with Crippen LogP contribution in [0.15, 0.2) is 18.2 Å². The number of hydrogen-bond acceptors (Lipinski definition) is 0. The average Bonchev–Trinajstić information content (AvgIpc) is 2.18. The molecule has 1 rings (SSSR count). The Morgan fingerprint density at radius 2 is 1.50 bits per heavy atom. The summed E-state index contributed by atoms with van der Waals surface area (Å²) in [5.74, 6) is 1.26. The quantitative estimate of drug-likeness (QED) is 0.701. The minimum atomic E-state index is 0.218. The fourth-order valence-electron chi connectivity index (χ4n) is 1.17. The number of hydrogen-bond donors (Lipinski definition) is 0. The standard InChI is InChI=1S/C10H10Cl4/c11-5-7(6-12)4-8-9(13)2-1-3-10(8)14/h1-3,7H,4-6H2. The molecule has 0 bridgehead atoms. The summed E-state index contributed by atoms with van der Waals surface area (Å²) >= 11 is 23.5. The molecule has 0 radical (unpaired) electrons. The molecule has 0 saturated heterocycles. The van der Waals surface area contributed by atoms with E-state index >= 15 is 0 Å². The average molecular weight is 272 g/mol. The third kappa shape index (κ3) is 3.20. The molecule has 0 aliphatic carbocycles. The first-order chi connectivity index (χ1) is 6.69. The molecule has 14 heavy (non-hydrogen) atoms. The highest BCUT2D eigenvalue weighted by atomic mass is 35.5. The van der Waals surface area contributed by atoms with Gasteiger partial charge in [0, 0.05) is 21.8 Å². The fourth-order valence-corrected chi connectivity index (χ4v) is 2.27. The van der Waals surface area contributed by atoms with E-state index in [2.05, 4.69) is 0 Å². The van der Waals surface area contributed by atoms with Crippen molar-refractivity contribution in [1.29, 1.82) is 0 Å². The predicted octanol–water partition coefficient (Wildman–Crippen LogP) is 4.63. The van der Waals surface area contributed by atoms with E-state index < -0.39 is 0 Å². The van der Waals surface area contributed by atoms with Crippen molar-refractivity contribution in [2.45, 2.75) is 6.42 Å². The molecule has 1 aromatic rings. The van der Waals surface area contributed by atoms with Crippen LogP contribution in [-0.4, -0.2) is 11.8 Å². The van der Waals surface area contributed by atoms with E-state index in [0.717, 1.165) is 12.0 Å². The van der Waals surface area contributed by atoms with Gasteiger partial charge in [-0.1, -0.05) is 29.3 Å². The van der Waals surface area contributed by atoms with E-state index in [1.54, 1.807) is 0 Å². The Labute approximate surface area is 104 Å². The van der Waals surface area contributed by atoms with Crippen molar-refractivity contribution in [2.24, 2.45) is 5.92 Å². The zero-order chi connectivity index (χ0) is 10.6. The highest BCUT2D eigenvalue weighted by Gasteiger charge is 2.12. The first-order valence-electron chi connectivity index (χ1n) is 4.23. The molecule has 1 aromatic carbocycles. The van der Waals surface area contributed by atoms with Gasteiger partial charge in [0.1, 0.15) is 0 Å². The van der Waals surface area contributed by atoms with Gasteiger partial charge in [0.05, 0.1) is 0 Å². The largest absolute Gasteiger partial charge is 0.126 e. The molecule has 4 heteroatoms. The third-order valence-electron chi connectivity index (χ3n) is 1.99. The van der Waals surface area contributed by atoms with Crippen LogP contribution in [0.1, 0.15) is 5.56 Å². The van der Waals surface area contributed by atoms with Crippen molar-refractivity contribution in [3.63, 3.8) is 0 Å². The number of alkyl halides is 2. The van der Waals surface area contributed by atoms with E-state index in [-0.39, 0.29) is 5.92 Å². The van der Waals surface area contributed by atoms with Crippen LogP contribution >= 0.6 is 46.4 Å². The van der Waals surface area contributed by atoms with E-state index in [9.17, 15) is 0 Å². The molecule has 0 aliphatic heterocycles. The minimum Gasteiger partial charge on any atom is -0.126 e. The zero-order valence-electron chi connectivity index (χ0n) is 7.44. The van der Waals surface area contributed by atoms with Crippen molar-refractivity contribution in [3.8, 4) is 0 Å². The Hall–Kier alpha value is 0.380. The summed E-state index contributed by atoms with van der Waals surface area (Å²) in [6.07, 6.45) is 0.728. The van der Waals surface area contributed by atoms with Gasteiger partial charge >= 0.3 is 0 Å². The first-order valence-corrected chi connectivity index (χ1v) is 6.06. The van der Waals surface area contributed by atoms with Crippen LogP contribution in [0.4, 0.5) is 0 Å². The molecule has 0 N–H and O–H groups in total. The molecule has 0 heterocycles. The molecule has 0 aliphatic rings. The molecule has 78 valence electrons. The van der Waals surface area contributed by atoms with Gasteiger partial charge in [-0.05, 0) is 30.0 Å². The molecule has 0 nitrogen and oxygen atoms in total. The van der Waals surface area contributed by atoms with Gasteiger partial charge < -0.3 is 0 Å². The Balaban J connectivity index is 2.84. The molecule has 0 unspecified atom stereocenters. The van der Waals surface area contributed by atoms with Gasteiger partial charge in [-0.2, -0.15) is 0 Å². The third-order valence-corrected chi connectivity index (χ3v) is 3.57. The highest BCUT2D eigenvalue weighted by Crippen LogP contribution is 2.27. The number of rotatable bonds is 4. The lowest BCUT2D eigenvalue weighted by atomic mass is 10.0. The Morgan fingerprint density at radius 3 is 1.93 bits per heavy atom. The lowest BCUT2D eigenvalue weighted by Crippen LogP contribution is -2.08. The van der Waals surface area contributed by atoms with Gasteiger partial charge in [0.25, 0.3) is 0 Å². The van der Waals surface area contributed by atoms with E-state index in [0.29, 0.717) is 21.8 Å². The maximum absolute atomic E-state index is 6.02. The molecule has 0 atom stereocenters. The van der Waals surface area contributed by atoms with Crippen molar-refractivity contribution in [1.82, 2.24) is 0 Å². The van der Waals surface area contributed by atoms with Crippen LogP contribution in [0, 0.1) is 5.92 Å². The van der Waals surface area contributed by atoms with Gasteiger partial charge in [0.15, 0.2) is 0 Å². The monoisotopic (exact) mass is 270 g/mol. The van der Waals surface area contributed by atoms with E-state index in [4.69, 9.17) is 46.4 Å². The van der Waals surface area contributed by atoms with Crippen LogP contribution < -0.4 is 0 Å². The topological polar surface area (TPSA) is 0 Å². The molecular formula is C10H10Cl4. The summed E-state index contributed by atoms with van der Waals surface area (Å²) in [7, 11) is 0. The highest BCUT2D eigenvalue weighted by molar-refractivity contribution is 6.36. The Bertz CT molecular complexity index is 274. The lowest BCUT2D eigenvalue weighted by Gasteiger charge is -2.12. The van der Waals surface area contributed by atoms with Gasteiger partial charge in [-0.25, -0.2) is 0 Å². The second kappa shape index (κ2) is 6.07. The van der Waals surface area contributed by atoms with E-state index in [1.807, 2.05) is 18.2 Å². The van der Waals surface area contributed by atoms with Crippen LogP contribution in [0.5, 0.6) is 0 Å². The zero-order valence-corrected chi connectivity index (χ0v) is 10.5.